The Bertz CT molecular complexity index is 664. The van der Waals surface area contributed by atoms with Crippen LogP contribution in [0.1, 0.15) is 24.1 Å². The Balaban J connectivity index is 1.94. The van der Waals surface area contributed by atoms with E-state index in [0.717, 1.165) is 12.1 Å². The summed E-state index contributed by atoms with van der Waals surface area (Å²) < 4.78 is 0. The molecule has 1 atom stereocenters. The molecule has 1 aliphatic heterocycles. The molecule has 2 aromatic carbocycles. The number of aliphatic imine (C=N–C) groups is 1. The number of hydrogen-bond acceptors (Lipinski definition) is 3. The summed E-state index contributed by atoms with van der Waals surface area (Å²) in [6, 6.07) is 16.5. The molecule has 3 rings (SSSR count). The number of hydrogen-bond donors (Lipinski definition) is 1. The molecule has 0 saturated heterocycles. The molecule has 0 amide bonds. The van der Waals surface area contributed by atoms with E-state index in [2.05, 4.69) is 36.2 Å². The van der Waals surface area contributed by atoms with Crippen LogP contribution in [-0.2, 0) is 6.42 Å². The van der Waals surface area contributed by atoms with Crippen LogP contribution in [0.2, 0.25) is 5.02 Å². The number of halogens is 1. The van der Waals surface area contributed by atoms with Gasteiger partial charge < -0.3 is 10.6 Å². The van der Waals surface area contributed by atoms with E-state index < -0.39 is 0 Å². The van der Waals surface area contributed by atoms with Crippen molar-refractivity contribution < 1.29 is 0 Å². The molecule has 1 unspecified atom stereocenters. The molecule has 4 heteroatoms. The second-order valence-electron chi connectivity index (χ2n) is 5.16. The third-order valence-corrected chi connectivity index (χ3v) is 4.08. The Morgan fingerprint density at radius 3 is 2.67 bits per heavy atom. The van der Waals surface area contributed by atoms with E-state index in [4.69, 9.17) is 17.3 Å². The highest BCUT2D eigenvalue weighted by atomic mass is 35.5. The number of rotatable bonds is 3. The van der Waals surface area contributed by atoms with Gasteiger partial charge in [-0.05, 0) is 35.7 Å². The normalized spacial score (nSPS) is 17.9. The lowest BCUT2D eigenvalue weighted by Crippen LogP contribution is -2.36. The Kier molecular flexibility index (Phi) is 3.84. The Hall–Kier alpha value is -2.00. The molecule has 1 heterocycles. The van der Waals surface area contributed by atoms with Gasteiger partial charge in [0, 0.05) is 10.7 Å². The highest BCUT2D eigenvalue weighted by molar-refractivity contribution is 6.30. The van der Waals surface area contributed by atoms with Crippen molar-refractivity contribution in [1.82, 2.24) is 0 Å². The molecule has 0 aliphatic carbocycles. The maximum atomic E-state index is 6.10. The van der Waals surface area contributed by atoms with E-state index in [1.54, 1.807) is 0 Å². The van der Waals surface area contributed by atoms with E-state index in [9.17, 15) is 0 Å². The van der Waals surface area contributed by atoms with Gasteiger partial charge in [-0.3, -0.25) is 4.99 Å². The molecule has 0 bridgehead atoms. The SMILES string of the molecule is CCc1ccc(C2CN=C(N)N2c2cccc(Cl)c2)cc1. The lowest BCUT2D eigenvalue weighted by atomic mass is 10.0. The molecule has 3 nitrogen and oxygen atoms in total. The smallest absolute Gasteiger partial charge is 0.196 e. The first-order valence-electron chi connectivity index (χ1n) is 7.12. The van der Waals surface area contributed by atoms with Gasteiger partial charge in [-0.25, -0.2) is 0 Å². The maximum absolute atomic E-state index is 6.10. The number of nitrogens with two attached hydrogens (primary N) is 1. The molecular weight excluding hydrogens is 282 g/mol. The van der Waals surface area contributed by atoms with E-state index in [-0.39, 0.29) is 6.04 Å². The van der Waals surface area contributed by atoms with E-state index in [1.807, 2.05) is 29.2 Å². The summed E-state index contributed by atoms with van der Waals surface area (Å²) in [5, 5.41) is 0.701. The van der Waals surface area contributed by atoms with Crippen molar-refractivity contribution in [1.29, 1.82) is 0 Å². The minimum Gasteiger partial charge on any atom is -0.369 e. The quantitative estimate of drug-likeness (QED) is 0.937. The monoisotopic (exact) mass is 299 g/mol. The molecule has 1 aliphatic rings. The second-order valence-corrected chi connectivity index (χ2v) is 5.60. The Morgan fingerprint density at radius 1 is 1.24 bits per heavy atom. The van der Waals surface area contributed by atoms with Crippen molar-refractivity contribution in [2.45, 2.75) is 19.4 Å². The van der Waals surface area contributed by atoms with Gasteiger partial charge in [0.1, 0.15) is 0 Å². The number of anilines is 1. The molecule has 0 saturated carbocycles. The van der Waals surface area contributed by atoms with Crippen molar-refractivity contribution >= 4 is 23.2 Å². The van der Waals surface area contributed by atoms with Crippen LogP contribution in [0.25, 0.3) is 0 Å². The van der Waals surface area contributed by atoms with Crippen molar-refractivity contribution in [3.05, 3.63) is 64.7 Å². The van der Waals surface area contributed by atoms with Gasteiger partial charge in [0.05, 0.1) is 12.6 Å². The zero-order valence-corrected chi connectivity index (χ0v) is 12.7. The summed E-state index contributed by atoms with van der Waals surface area (Å²) in [5.41, 5.74) is 9.61. The van der Waals surface area contributed by atoms with Crippen LogP contribution < -0.4 is 10.6 Å². The van der Waals surface area contributed by atoms with Crippen molar-refractivity contribution in [3.63, 3.8) is 0 Å². The lowest BCUT2D eigenvalue weighted by Gasteiger charge is -2.27. The molecule has 0 aromatic heterocycles. The molecule has 21 heavy (non-hydrogen) atoms. The maximum Gasteiger partial charge on any atom is 0.196 e. The van der Waals surface area contributed by atoms with Crippen LogP contribution in [0.4, 0.5) is 5.69 Å². The van der Waals surface area contributed by atoms with E-state index in [0.29, 0.717) is 17.5 Å². The summed E-state index contributed by atoms with van der Waals surface area (Å²) in [6.07, 6.45) is 1.04. The summed E-state index contributed by atoms with van der Waals surface area (Å²) in [5.74, 6) is 0.543. The predicted octanol–water partition coefficient (Wildman–Crippen LogP) is 3.78. The minimum absolute atomic E-state index is 0.134. The molecule has 0 radical (unpaired) electrons. The van der Waals surface area contributed by atoms with Crippen LogP contribution >= 0.6 is 11.6 Å². The zero-order valence-electron chi connectivity index (χ0n) is 12.0. The average molecular weight is 300 g/mol. The van der Waals surface area contributed by atoms with Crippen LogP contribution in [0, 0.1) is 0 Å². The zero-order chi connectivity index (χ0) is 14.8. The van der Waals surface area contributed by atoms with Gasteiger partial charge in [0.15, 0.2) is 5.96 Å². The van der Waals surface area contributed by atoms with Gasteiger partial charge in [-0.15, -0.1) is 0 Å². The first-order chi connectivity index (χ1) is 10.2. The van der Waals surface area contributed by atoms with Gasteiger partial charge in [-0.2, -0.15) is 0 Å². The Labute approximate surface area is 130 Å². The Morgan fingerprint density at radius 2 is 2.00 bits per heavy atom. The van der Waals surface area contributed by atoms with Gasteiger partial charge in [0.25, 0.3) is 0 Å². The van der Waals surface area contributed by atoms with Crippen molar-refractivity contribution in [2.75, 3.05) is 11.4 Å². The van der Waals surface area contributed by atoms with Gasteiger partial charge in [-0.1, -0.05) is 48.9 Å². The summed E-state index contributed by atoms with van der Waals surface area (Å²) in [4.78, 5) is 6.45. The number of nitrogens with zero attached hydrogens (tertiary/aromatic N) is 2. The summed E-state index contributed by atoms with van der Waals surface area (Å²) in [6.45, 7) is 2.83. The first kappa shape index (κ1) is 14.0. The third-order valence-electron chi connectivity index (χ3n) is 3.84. The second kappa shape index (κ2) is 5.78. The van der Waals surface area contributed by atoms with Gasteiger partial charge in [0.2, 0.25) is 0 Å². The number of benzene rings is 2. The predicted molar refractivity (Wildman–Crippen MR) is 89.0 cm³/mol. The molecule has 108 valence electrons. The molecule has 0 spiro atoms. The summed E-state index contributed by atoms with van der Waals surface area (Å²) in [7, 11) is 0. The fourth-order valence-electron chi connectivity index (χ4n) is 2.67. The first-order valence-corrected chi connectivity index (χ1v) is 7.50. The van der Waals surface area contributed by atoms with Crippen LogP contribution in [0.15, 0.2) is 53.5 Å². The van der Waals surface area contributed by atoms with E-state index >= 15 is 0 Å². The van der Waals surface area contributed by atoms with Crippen LogP contribution in [0.5, 0.6) is 0 Å². The van der Waals surface area contributed by atoms with Crippen LogP contribution in [-0.4, -0.2) is 12.5 Å². The van der Waals surface area contributed by atoms with Gasteiger partial charge >= 0.3 is 0 Å². The van der Waals surface area contributed by atoms with Crippen LogP contribution in [0.3, 0.4) is 0 Å². The van der Waals surface area contributed by atoms with Crippen molar-refractivity contribution in [3.8, 4) is 0 Å². The third kappa shape index (κ3) is 2.74. The molecule has 2 N–H and O–H groups in total. The summed E-state index contributed by atoms with van der Waals surface area (Å²) >= 11 is 6.10. The van der Waals surface area contributed by atoms with Crippen molar-refractivity contribution in [2.24, 2.45) is 10.7 Å². The number of guanidine groups is 1. The lowest BCUT2D eigenvalue weighted by molar-refractivity contribution is 0.768. The standard InChI is InChI=1S/C17H18ClN3/c1-2-12-6-8-13(9-7-12)16-11-20-17(19)21(16)15-5-3-4-14(18)10-15/h3-10,16H,2,11H2,1H3,(H2,19,20). The largest absolute Gasteiger partial charge is 0.369 e. The fraction of sp³-hybridized carbons (Fsp3) is 0.235. The number of aryl methyl sites for hydroxylation is 1. The fourth-order valence-corrected chi connectivity index (χ4v) is 2.85. The van der Waals surface area contributed by atoms with E-state index in [1.165, 1.54) is 11.1 Å². The molecule has 0 fully saturated rings. The molecular formula is C17H18ClN3. The minimum atomic E-state index is 0.134. The average Bonchev–Trinajstić information content (AvgIpc) is 2.89. The molecule has 2 aromatic rings. The highest BCUT2D eigenvalue weighted by Crippen LogP contribution is 2.32. The highest BCUT2D eigenvalue weighted by Gasteiger charge is 2.28. The topological polar surface area (TPSA) is 41.6 Å².